The van der Waals surface area contributed by atoms with Gasteiger partial charge in [-0.1, -0.05) is 54.1 Å². The molecule has 150 valence electrons. The van der Waals surface area contributed by atoms with Gasteiger partial charge in [-0.05, 0) is 55.9 Å². The number of rotatable bonds is 6. The van der Waals surface area contributed by atoms with Crippen molar-refractivity contribution in [3.63, 3.8) is 0 Å². The summed E-state index contributed by atoms with van der Waals surface area (Å²) in [6.45, 7) is 2.37. The fourth-order valence-electron chi connectivity index (χ4n) is 4.00. The van der Waals surface area contributed by atoms with Crippen LogP contribution in [0.5, 0.6) is 0 Å². The van der Waals surface area contributed by atoms with Gasteiger partial charge in [-0.15, -0.1) is 0 Å². The lowest BCUT2D eigenvalue weighted by Gasteiger charge is -2.43. The lowest BCUT2D eigenvalue weighted by molar-refractivity contribution is 0.0827. The number of nitrogens with two attached hydrogens (primary N) is 1. The highest BCUT2D eigenvalue weighted by atomic mass is 35.5. The zero-order valence-electron chi connectivity index (χ0n) is 16.5. The van der Waals surface area contributed by atoms with Gasteiger partial charge >= 0.3 is 0 Å². The quantitative estimate of drug-likeness (QED) is 0.636. The maximum absolute atomic E-state index is 13.1. The third-order valence-electron chi connectivity index (χ3n) is 5.71. The molecule has 0 unspecified atom stereocenters. The van der Waals surface area contributed by atoms with Crippen LogP contribution in [0.4, 0.5) is 5.82 Å². The van der Waals surface area contributed by atoms with Gasteiger partial charge in [-0.3, -0.25) is 4.79 Å². The Morgan fingerprint density at radius 2 is 1.83 bits per heavy atom. The number of carbonyl (C=O) groups excluding carboxylic acids is 1. The molecule has 1 amide bonds. The molecule has 0 radical (unpaired) electrons. The van der Waals surface area contributed by atoms with Gasteiger partial charge in [0.2, 0.25) is 0 Å². The summed E-state index contributed by atoms with van der Waals surface area (Å²) in [5, 5.41) is 8.49. The van der Waals surface area contributed by atoms with Crippen molar-refractivity contribution in [2.24, 2.45) is 0 Å². The van der Waals surface area contributed by atoms with Crippen molar-refractivity contribution in [3.8, 4) is 0 Å². The zero-order valence-corrected chi connectivity index (χ0v) is 17.2. The van der Waals surface area contributed by atoms with Crippen molar-refractivity contribution < 1.29 is 4.79 Å². The smallest absolute Gasteiger partial charge is 0.257 e. The SMILES string of the molecule is Cc1nn(Cc2ccccc2)c(N)c1C(=O)NC1(Cc2ccc(Cl)cc2)CCC1. The molecule has 29 heavy (non-hydrogen) atoms. The molecule has 5 nitrogen and oxygen atoms in total. The average Bonchev–Trinajstić information content (AvgIpc) is 2.95. The standard InChI is InChI=1S/C23H25ClN4O/c1-16-20(21(25)28(27-16)15-18-6-3-2-4-7-18)22(29)26-23(12-5-13-23)14-17-8-10-19(24)11-9-17/h2-4,6-11H,5,12-15,25H2,1H3,(H,26,29). The molecule has 3 N–H and O–H groups in total. The number of amides is 1. The highest BCUT2D eigenvalue weighted by Crippen LogP contribution is 2.36. The second-order valence-electron chi connectivity index (χ2n) is 7.88. The van der Waals surface area contributed by atoms with E-state index in [0.29, 0.717) is 23.6 Å². The second kappa shape index (κ2) is 7.91. The van der Waals surface area contributed by atoms with E-state index in [2.05, 4.69) is 10.4 Å². The van der Waals surface area contributed by atoms with E-state index in [9.17, 15) is 4.79 Å². The van der Waals surface area contributed by atoms with Gasteiger partial charge in [0.05, 0.1) is 12.2 Å². The molecule has 0 spiro atoms. The largest absolute Gasteiger partial charge is 0.383 e. The van der Waals surface area contributed by atoms with Crippen LogP contribution in [0.25, 0.3) is 0 Å². The number of nitrogen functional groups attached to an aromatic ring is 1. The summed E-state index contributed by atoms with van der Waals surface area (Å²) in [7, 11) is 0. The van der Waals surface area contributed by atoms with Crippen LogP contribution in [0.2, 0.25) is 5.02 Å². The number of halogens is 1. The minimum Gasteiger partial charge on any atom is -0.383 e. The van der Waals surface area contributed by atoms with E-state index >= 15 is 0 Å². The molecule has 0 atom stereocenters. The Hall–Kier alpha value is -2.79. The summed E-state index contributed by atoms with van der Waals surface area (Å²) in [6, 6.07) is 17.8. The van der Waals surface area contributed by atoms with Crippen LogP contribution in [0.1, 0.15) is 46.4 Å². The molecule has 1 fully saturated rings. The molecule has 1 heterocycles. The third kappa shape index (κ3) is 4.15. The number of nitrogens with zero attached hydrogens (tertiary/aromatic N) is 2. The number of aromatic nitrogens is 2. The molecule has 1 saturated carbocycles. The molecule has 1 aliphatic carbocycles. The number of aryl methyl sites for hydroxylation is 1. The molecule has 1 aliphatic rings. The second-order valence-corrected chi connectivity index (χ2v) is 8.32. The van der Waals surface area contributed by atoms with Crippen molar-refractivity contribution in [1.82, 2.24) is 15.1 Å². The molecule has 6 heteroatoms. The molecular formula is C23H25ClN4O. The Morgan fingerprint density at radius 1 is 1.14 bits per heavy atom. The van der Waals surface area contributed by atoms with Gasteiger partial charge in [0.25, 0.3) is 5.91 Å². The monoisotopic (exact) mass is 408 g/mol. The van der Waals surface area contributed by atoms with Crippen LogP contribution in [-0.2, 0) is 13.0 Å². The van der Waals surface area contributed by atoms with Crippen molar-refractivity contribution in [3.05, 3.63) is 82.0 Å². The van der Waals surface area contributed by atoms with Gasteiger partial charge in [0, 0.05) is 10.6 Å². The zero-order chi connectivity index (χ0) is 20.4. The predicted octanol–water partition coefficient (Wildman–Crippen LogP) is 4.37. The third-order valence-corrected chi connectivity index (χ3v) is 5.97. The Balaban J connectivity index is 1.52. The highest BCUT2D eigenvalue weighted by molar-refractivity contribution is 6.30. The fraction of sp³-hybridized carbons (Fsp3) is 0.304. The van der Waals surface area contributed by atoms with E-state index in [1.54, 1.807) is 4.68 Å². The van der Waals surface area contributed by atoms with Gasteiger partial charge in [0.1, 0.15) is 11.4 Å². The van der Waals surface area contributed by atoms with Crippen LogP contribution in [0.15, 0.2) is 54.6 Å². The van der Waals surface area contributed by atoms with Gasteiger partial charge in [0.15, 0.2) is 0 Å². The summed E-state index contributed by atoms with van der Waals surface area (Å²) in [6.07, 6.45) is 3.81. The summed E-state index contributed by atoms with van der Waals surface area (Å²) in [5.74, 6) is 0.262. The minimum absolute atomic E-state index is 0.145. The Kier molecular flexibility index (Phi) is 5.33. The predicted molar refractivity (Wildman–Crippen MR) is 116 cm³/mol. The Labute approximate surface area is 175 Å². The molecule has 1 aromatic heterocycles. The number of hydrogen-bond donors (Lipinski definition) is 2. The van der Waals surface area contributed by atoms with E-state index in [4.69, 9.17) is 17.3 Å². The molecule has 0 aliphatic heterocycles. The first kappa shape index (κ1) is 19.5. The first-order valence-corrected chi connectivity index (χ1v) is 10.3. The average molecular weight is 409 g/mol. The topological polar surface area (TPSA) is 72.9 Å². The molecule has 2 aromatic carbocycles. The molecule has 0 saturated heterocycles. The minimum atomic E-state index is -0.231. The van der Waals surface area contributed by atoms with Gasteiger partial charge in [-0.2, -0.15) is 5.10 Å². The van der Waals surface area contributed by atoms with Gasteiger partial charge < -0.3 is 11.1 Å². The van der Waals surface area contributed by atoms with E-state index in [1.807, 2.05) is 61.5 Å². The Bertz CT molecular complexity index is 1010. The lowest BCUT2D eigenvalue weighted by atomic mass is 9.72. The summed E-state index contributed by atoms with van der Waals surface area (Å²) in [5.41, 5.74) is 9.48. The number of benzene rings is 2. The number of hydrogen-bond acceptors (Lipinski definition) is 3. The van der Waals surface area contributed by atoms with Crippen molar-refractivity contribution in [2.45, 2.75) is 44.7 Å². The van der Waals surface area contributed by atoms with Crippen LogP contribution >= 0.6 is 11.6 Å². The molecule has 3 aromatic rings. The van der Waals surface area contributed by atoms with Crippen molar-refractivity contribution in [1.29, 1.82) is 0 Å². The van der Waals surface area contributed by atoms with E-state index in [1.165, 1.54) is 5.56 Å². The van der Waals surface area contributed by atoms with E-state index in [0.717, 1.165) is 36.3 Å². The van der Waals surface area contributed by atoms with Crippen LogP contribution in [0, 0.1) is 6.92 Å². The van der Waals surface area contributed by atoms with Crippen LogP contribution in [0.3, 0.4) is 0 Å². The number of carbonyl (C=O) groups is 1. The maximum atomic E-state index is 13.1. The molecule has 0 bridgehead atoms. The Morgan fingerprint density at radius 3 is 2.45 bits per heavy atom. The fourth-order valence-corrected chi connectivity index (χ4v) is 4.13. The molecule has 4 rings (SSSR count). The van der Waals surface area contributed by atoms with Crippen molar-refractivity contribution in [2.75, 3.05) is 5.73 Å². The highest BCUT2D eigenvalue weighted by Gasteiger charge is 2.39. The number of nitrogens with one attached hydrogen (secondary N) is 1. The normalized spacial score (nSPS) is 15.0. The van der Waals surface area contributed by atoms with Crippen LogP contribution < -0.4 is 11.1 Å². The van der Waals surface area contributed by atoms with E-state index in [-0.39, 0.29) is 11.4 Å². The first-order chi connectivity index (χ1) is 14.0. The maximum Gasteiger partial charge on any atom is 0.257 e. The van der Waals surface area contributed by atoms with Crippen LogP contribution in [-0.4, -0.2) is 21.2 Å². The summed E-state index contributed by atoms with van der Waals surface area (Å²) < 4.78 is 1.70. The lowest BCUT2D eigenvalue weighted by Crippen LogP contribution is -2.55. The number of anilines is 1. The first-order valence-electron chi connectivity index (χ1n) is 9.90. The van der Waals surface area contributed by atoms with Crippen molar-refractivity contribution >= 4 is 23.3 Å². The van der Waals surface area contributed by atoms with Gasteiger partial charge in [-0.25, -0.2) is 4.68 Å². The summed E-state index contributed by atoms with van der Waals surface area (Å²) >= 11 is 6.00. The molecular weight excluding hydrogens is 384 g/mol. The summed E-state index contributed by atoms with van der Waals surface area (Å²) in [4.78, 5) is 13.1. The van der Waals surface area contributed by atoms with E-state index < -0.39 is 0 Å².